The van der Waals surface area contributed by atoms with Gasteiger partial charge in [0.05, 0.1) is 0 Å². The van der Waals surface area contributed by atoms with Gasteiger partial charge in [-0.1, -0.05) is 24.0 Å². The Kier molecular flexibility index (Phi) is 2.32. The molecular formula is C12H14. The molecule has 2 aliphatic rings. The summed E-state index contributed by atoms with van der Waals surface area (Å²) in [6.07, 6.45) is 12.1. The van der Waals surface area contributed by atoms with Gasteiger partial charge >= 0.3 is 0 Å². The van der Waals surface area contributed by atoms with Crippen molar-refractivity contribution in [1.82, 2.24) is 0 Å². The van der Waals surface area contributed by atoms with Gasteiger partial charge in [-0.3, -0.25) is 0 Å². The minimum Gasteiger partial charge on any atom is -0.0729 e. The maximum Gasteiger partial charge on any atom is -0.00158 e. The van der Waals surface area contributed by atoms with E-state index in [4.69, 9.17) is 0 Å². The SMILES string of the molecule is C(#CC1=CCCC1)C1=CCCC1. The monoisotopic (exact) mass is 158 g/mol. The highest BCUT2D eigenvalue weighted by atomic mass is 14.1. The molecule has 0 saturated heterocycles. The van der Waals surface area contributed by atoms with Crippen molar-refractivity contribution in [3.63, 3.8) is 0 Å². The fourth-order valence-electron chi connectivity index (χ4n) is 1.73. The van der Waals surface area contributed by atoms with Gasteiger partial charge in [0, 0.05) is 0 Å². The Bertz CT molecular complexity index is 253. The smallest absolute Gasteiger partial charge is 0.00158 e. The summed E-state index contributed by atoms with van der Waals surface area (Å²) in [4.78, 5) is 0. The van der Waals surface area contributed by atoms with Crippen molar-refractivity contribution in [2.24, 2.45) is 0 Å². The number of rotatable bonds is 0. The lowest BCUT2D eigenvalue weighted by Crippen LogP contribution is -1.73. The average molecular weight is 158 g/mol. The van der Waals surface area contributed by atoms with Crippen molar-refractivity contribution in [3.8, 4) is 11.8 Å². The van der Waals surface area contributed by atoms with Gasteiger partial charge in [0.25, 0.3) is 0 Å². The molecule has 2 aliphatic carbocycles. The van der Waals surface area contributed by atoms with Gasteiger partial charge in [0.2, 0.25) is 0 Å². The number of allylic oxidation sites excluding steroid dienone is 4. The van der Waals surface area contributed by atoms with Crippen LogP contribution < -0.4 is 0 Å². The van der Waals surface area contributed by atoms with Crippen molar-refractivity contribution >= 4 is 0 Å². The Morgan fingerprint density at radius 1 is 0.833 bits per heavy atom. The van der Waals surface area contributed by atoms with E-state index in [1.807, 2.05) is 0 Å². The summed E-state index contributed by atoms with van der Waals surface area (Å²) in [6.45, 7) is 0. The summed E-state index contributed by atoms with van der Waals surface area (Å²) in [7, 11) is 0. The molecule has 0 heterocycles. The van der Waals surface area contributed by atoms with Gasteiger partial charge in [-0.25, -0.2) is 0 Å². The van der Waals surface area contributed by atoms with Crippen LogP contribution >= 0.6 is 0 Å². The van der Waals surface area contributed by atoms with E-state index in [0.29, 0.717) is 0 Å². The Morgan fingerprint density at radius 3 is 1.67 bits per heavy atom. The van der Waals surface area contributed by atoms with Crippen molar-refractivity contribution in [3.05, 3.63) is 23.3 Å². The zero-order valence-electron chi connectivity index (χ0n) is 7.40. The van der Waals surface area contributed by atoms with Gasteiger partial charge in [-0.2, -0.15) is 0 Å². The summed E-state index contributed by atoms with van der Waals surface area (Å²) in [6, 6.07) is 0. The molecule has 0 aliphatic heterocycles. The average Bonchev–Trinajstić information content (AvgIpc) is 2.74. The highest BCUT2D eigenvalue weighted by Gasteiger charge is 2.02. The molecule has 0 N–H and O–H groups in total. The standard InChI is InChI=1S/C12H14/c1-2-6-11(5-1)9-10-12-7-3-4-8-12/h5,7H,1-4,6,8H2. The first-order valence-corrected chi connectivity index (χ1v) is 4.85. The van der Waals surface area contributed by atoms with E-state index >= 15 is 0 Å². The molecule has 0 spiro atoms. The second kappa shape index (κ2) is 3.63. The Morgan fingerprint density at radius 2 is 1.33 bits per heavy atom. The molecule has 0 nitrogen and oxygen atoms in total. The van der Waals surface area contributed by atoms with Crippen LogP contribution in [0.15, 0.2) is 23.3 Å². The first-order valence-electron chi connectivity index (χ1n) is 4.85. The Hall–Kier alpha value is -0.960. The summed E-state index contributed by atoms with van der Waals surface area (Å²) < 4.78 is 0. The quantitative estimate of drug-likeness (QED) is 0.475. The Labute approximate surface area is 74.4 Å². The van der Waals surface area contributed by atoms with E-state index in [1.165, 1.54) is 49.7 Å². The maximum atomic E-state index is 3.27. The van der Waals surface area contributed by atoms with Crippen LogP contribution in [0.25, 0.3) is 0 Å². The maximum absolute atomic E-state index is 3.27. The van der Waals surface area contributed by atoms with Crippen LogP contribution in [0.1, 0.15) is 38.5 Å². The van der Waals surface area contributed by atoms with Crippen molar-refractivity contribution in [2.45, 2.75) is 38.5 Å². The second-order valence-corrected chi connectivity index (χ2v) is 3.49. The zero-order chi connectivity index (χ0) is 8.23. The first-order chi connectivity index (χ1) is 5.95. The fourth-order valence-corrected chi connectivity index (χ4v) is 1.73. The van der Waals surface area contributed by atoms with E-state index in [9.17, 15) is 0 Å². The lowest BCUT2D eigenvalue weighted by molar-refractivity contribution is 0.916. The minimum absolute atomic E-state index is 1.21. The van der Waals surface area contributed by atoms with Crippen molar-refractivity contribution < 1.29 is 0 Å². The molecule has 0 heteroatoms. The summed E-state index contributed by atoms with van der Waals surface area (Å²) in [5, 5.41) is 0. The fraction of sp³-hybridized carbons (Fsp3) is 0.500. The highest BCUT2D eigenvalue weighted by Crippen LogP contribution is 2.19. The molecule has 0 aromatic heterocycles. The topological polar surface area (TPSA) is 0 Å². The van der Waals surface area contributed by atoms with E-state index in [2.05, 4.69) is 24.0 Å². The molecule has 12 heavy (non-hydrogen) atoms. The summed E-state index contributed by atoms with van der Waals surface area (Å²) >= 11 is 0. The predicted octanol–water partition coefficient (Wildman–Crippen LogP) is 3.21. The molecule has 0 amide bonds. The van der Waals surface area contributed by atoms with E-state index in [0.717, 1.165) is 0 Å². The van der Waals surface area contributed by atoms with Crippen molar-refractivity contribution in [2.75, 3.05) is 0 Å². The van der Waals surface area contributed by atoms with E-state index in [-0.39, 0.29) is 0 Å². The normalized spacial score (nSPS) is 21.3. The Balaban J connectivity index is 1.99. The number of hydrogen-bond donors (Lipinski definition) is 0. The van der Waals surface area contributed by atoms with Crippen LogP contribution in [-0.2, 0) is 0 Å². The molecule has 0 unspecified atom stereocenters. The zero-order valence-corrected chi connectivity index (χ0v) is 7.40. The minimum atomic E-state index is 1.21. The van der Waals surface area contributed by atoms with Crippen LogP contribution in [0.5, 0.6) is 0 Å². The second-order valence-electron chi connectivity index (χ2n) is 3.49. The van der Waals surface area contributed by atoms with Gasteiger partial charge in [0.1, 0.15) is 0 Å². The molecular weight excluding hydrogens is 144 g/mol. The molecule has 0 radical (unpaired) electrons. The van der Waals surface area contributed by atoms with E-state index < -0.39 is 0 Å². The van der Waals surface area contributed by atoms with Crippen LogP contribution in [0, 0.1) is 11.8 Å². The largest absolute Gasteiger partial charge is 0.0729 e. The lowest BCUT2D eigenvalue weighted by atomic mass is 10.2. The van der Waals surface area contributed by atoms with Gasteiger partial charge < -0.3 is 0 Å². The molecule has 0 atom stereocenters. The van der Waals surface area contributed by atoms with Crippen LogP contribution in [0.2, 0.25) is 0 Å². The van der Waals surface area contributed by atoms with E-state index in [1.54, 1.807) is 0 Å². The molecule has 0 saturated carbocycles. The van der Waals surface area contributed by atoms with Gasteiger partial charge in [-0.15, -0.1) is 0 Å². The molecule has 0 aromatic carbocycles. The third-order valence-electron chi connectivity index (χ3n) is 2.47. The van der Waals surface area contributed by atoms with Crippen LogP contribution in [0.4, 0.5) is 0 Å². The van der Waals surface area contributed by atoms with Gasteiger partial charge in [0.15, 0.2) is 0 Å². The predicted molar refractivity (Wildman–Crippen MR) is 51.6 cm³/mol. The van der Waals surface area contributed by atoms with Crippen LogP contribution in [-0.4, -0.2) is 0 Å². The molecule has 0 fully saturated rings. The third kappa shape index (κ3) is 1.80. The summed E-state index contributed by atoms with van der Waals surface area (Å²) in [5.74, 6) is 6.53. The number of hydrogen-bond acceptors (Lipinski definition) is 0. The van der Waals surface area contributed by atoms with Gasteiger partial charge in [-0.05, 0) is 49.7 Å². The van der Waals surface area contributed by atoms with Crippen LogP contribution in [0.3, 0.4) is 0 Å². The molecule has 62 valence electrons. The summed E-state index contributed by atoms with van der Waals surface area (Å²) in [5.41, 5.74) is 2.73. The molecule has 2 rings (SSSR count). The third-order valence-corrected chi connectivity index (χ3v) is 2.47. The first kappa shape index (κ1) is 7.68. The van der Waals surface area contributed by atoms with Crippen molar-refractivity contribution in [1.29, 1.82) is 0 Å². The molecule has 0 bridgehead atoms. The lowest BCUT2D eigenvalue weighted by Gasteiger charge is -1.87. The molecule has 0 aromatic rings. The highest BCUT2D eigenvalue weighted by molar-refractivity contribution is 5.40.